The first-order valence-electron chi connectivity index (χ1n) is 5.92. The van der Waals surface area contributed by atoms with Gasteiger partial charge in [-0.2, -0.15) is 0 Å². The summed E-state index contributed by atoms with van der Waals surface area (Å²) in [6.07, 6.45) is 2.10. The van der Waals surface area contributed by atoms with Crippen molar-refractivity contribution >= 4 is 28.7 Å². The van der Waals surface area contributed by atoms with Gasteiger partial charge in [0.1, 0.15) is 5.02 Å². The van der Waals surface area contributed by atoms with Crippen LogP contribution in [0.25, 0.3) is 0 Å². The van der Waals surface area contributed by atoms with Crippen molar-refractivity contribution < 1.29 is 9.13 Å². The number of halogens is 2. The van der Waals surface area contributed by atoms with Gasteiger partial charge in [-0.3, -0.25) is 0 Å². The van der Waals surface area contributed by atoms with E-state index in [0.29, 0.717) is 19.8 Å². The van der Waals surface area contributed by atoms with E-state index in [9.17, 15) is 4.39 Å². The van der Waals surface area contributed by atoms with Gasteiger partial charge < -0.3 is 21.5 Å². The fourth-order valence-electron chi connectivity index (χ4n) is 1.44. The van der Waals surface area contributed by atoms with Gasteiger partial charge in [0.2, 0.25) is 0 Å². The van der Waals surface area contributed by atoms with Crippen molar-refractivity contribution in [2.24, 2.45) is 0 Å². The van der Waals surface area contributed by atoms with Crippen LogP contribution >= 0.6 is 11.6 Å². The lowest BCUT2D eigenvalue weighted by molar-refractivity contribution is 0.141. The van der Waals surface area contributed by atoms with Crippen LogP contribution in [0.3, 0.4) is 0 Å². The molecule has 0 amide bonds. The van der Waals surface area contributed by atoms with E-state index in [1.54, 1.807) is 0 Å². The highest BCUT2D eigenvalue weighted by molar-refractivity contribution is 6.33. The zero-order valence-electron chi connectivity index (χ0n) is 10.4. The molecule has 4 nitrogen and oxygen atoms in total. The molecule has 0 aliphatic heterocycles. The van der Waals surface area contributed by atoms with E-state index in [0.717, 1.165) is 12.8 Å². The Kier molecular flexibility index (Phi) is 6.01. The maximum absolute atomic E-state index is 13.8. The lowest BCUT2D eigenvalue weighted by Crippen LogP contribution is -2.13. The van der Waals surface area contributed by atoms with E-state index >= 15 is 0 Å². The van der Waals surface area contributed by atoms with Gasteiger partial charge in [-0.25, -0.2) is 4.39 Å². The molecule has 1 aromatic rings. The van der Waals surface area contributed by atoms with Crippen LogP contribution in [-0.4, -0.2) is 19.8 Å². The monoisotopic (exact) mass is 275 g/mol. The Morgan fingerprint density at radius 1 is 1.33 bits per heavy atom. The molecule has 1 aromatic carbocycles. The summed E-state index contributed by atoms with van der Waals surface area (Å²) in [5.74, 6) is -0.622. The van der Waals surface area contributed by atoms with Crippen LogP contribution in [0.4, 0.5) is 21.5 Å². The quantitative estimate of drug-likeness (QED) is 0.528. The number of ether oxygens (including phenoxy) is 1. The Balaban J connectivity index is 2.50. The van der Waals surface area contributed by atoms with Crippen molar-refractivity contribution in [3.05, 3.63) is 16.9 Å². The second-order valence-electron chi connectivity index (χ2n) is 3.95. The summed E-state index contributed by atoms with van der Waals surface area (Å²) in [6, 6.07) is 1.44. The molecule has 0 heterocycles. The van der Waals surface area contributed by atoms with E-state index in [1.807, 2.05) is 0 Å². The molecule has 0 aliphatic rings. The van der Waals surface area contributed by atoms with E-state index < -0.39 is 5.82 Å². The minimum Gasteiger partial charge on any atom is -0.397 e. The molecule has 102 valence electrons. The zero-order chi connectivity index (χ0) is 13.5. The van der Waals surface area contributed by atoms with Crippen molar-refractivity contribution in [3.8, 4) is 0 Å². The summed E-state index contributed by atoms with van der Waals surface area (Å²) in [4.78, 5) is 0. The van der Waals surface area contributed by atoms with Crippen LogP contribution in [0, 0.1) is 5.82 Å². The van der Waals surface area contributed by atoms with Gasteiger partial charge in [0.25, 0.3) is 0 Å². The van der Waals surface area contributed by atoms with Crippen molar-refractivity contribution in [1.29, 1.82) is 0 Å². The maximum Gasteiger partial charge on any atom is 0.169 e. The number of nitrogens with two attached hydrogens (primary N) is 2. The van der Waals surface area contributed by atoms with Gasteiger partial charge in [-0.1, -0.05) is 24.9 Å². The van der Waals surface area contributed by atoms with Crippen molar-refractivity contribution in [2.45, 2.75) is 19.8 Å². The fourth-order valence-corrected chi connectivity index (χ4v) is 1.59. The first-order valence-corrected chi connectivity index (χ1v) is 6.30. The zero-order valence-corrected chi connectivity index (χ0v) is 11.2. The molecule has 0 aliphatic carbocycles. The van der Waals surface area contributed by atoms with Gasteiger partial charge in [0, 0.05) is 13.2 Å². The Hall–Kier alpha value is -1.20. The molecule has 6 heteroatoms. The third-order valence-corrected chi connectivity index (χ3v) is 2.84. The Morgan fingerprint density at radius 2 is 2.06 bits per heavy atom. The summed E-state index contributed by atoms with van der Waals surface area (Å²) >= 11 is 5.71. The molecular formula is C12H19ClFN3O. The third-order valence-electron chi connectivity index (χ3n) is 2.46. The van der Waals surface area contributed by atoms with E-state index in [2.05, 4.69) is 12.2 Å². The Morgan fingerprint density at radius 3 is 2.72 bits per heavy atom. The maximum atomic E-state index is 13.8. The normalized spacial score (nSPS) is 10.6. The second kappa shape index (κ2) is 7.28. The number of hydrogen-bond acceptors (Lipinski definition) is 4. The number of rotatable bonds is 7. The molecular weight excluding hydrogens is 257 g/mol. The van der Waals surface area contributed by atoms with Crippen LogP contribution in [0.1, 0.15) is 19.8 Å². The van der Waals surface area contributed by atoms with Crippen LogP contribution in [0.15, 0.2) is 6.07 Å². The van der Waals surface area contributed by atoms with Crippen molar-refractivity contribution in [1.82, 2.24) is 0 Å². The molecule has 0 radical (unpaired) electrons. The highest BCUT2D eigenvalue weighted by atomic mass is 35.5. The summed E-state index contributed by atoms with van der Waals surface area (Å²) < 4.78 is 19.1. The largest absolute Gasteiger partial charge is 0.397 e. The molecule has 0 fully saturated rings. The average molecular weight is 276 g/mol. The van der Waals surface area contributed by atoms with Crippen LogP contribution in [0.5, 0.6) is 0 Å². The molecule has 0 spiro atoms. The molecule has 0 unspecified atom stereocenters. The van der Waals surface area contributed by atoms with Crippen LogP contribution in [-0.2, 0) is 4.74 Å². The summed E-state index contributed by atoms with van der Waals surface area (Å²) in [7, 11) is 0. The second-order valence-corrected chi connectivity index (χ2v) is 4.33. The van der Waals surface area contributed by atoms with Crippen LogP contribution < -0.4 is 16.8 Å². The molecule has 1 rings (SSSR count). The number of anilines is 3. The van der Waals surface area contributed by atoms with E-state index in [4.69, 9.17) is 27.8 Å². The van der Waals surface area contributed by atoms with Gasteiger partial charge in [0.05, 0.1) is 23.7 Å². The summed E-state index contributed by atoms with van der Waals surface area (Å²) in [5.41, 5.74) is 11.7. The highest BCUT2D eigenvalue weighted by Crippen LogP contribution is 2.33. The number of nitrogen functional groups attached to an aromatic ring is 2. The fraction of sp³-hybridized carbons (Fsp3) is 0.500. The minimum absolute atomic E-state index is 0.112. The standard InChI is InChI=1S/C12H19ClFN3O/c1-2-3-5-18-6-4-17-12-9(16)7-8(15)10(13)11(12)14/h7,17H,2-6,15-16H2,1H3. The topological polar surface area (TPSA) is 73.3 Å². The molecule has 5 N–H and O–H groups in total. The van der Waals surface area contributed by atoms with Gasteiger partial charge in [0.15, 0.2) is 5.82 Å². The molecule has 0 aromatic heterocycles. The molecule has 0 saturated heterocycles. The van der Waals surface area contributed by atoms with Crippen molar-refractivity contribution in [2.75, 3.05) is 36.5 Å². The number of unbranched alkanes of at least 4 members (excludes halogenated alkanes) is 1. The smallest absolute Gasteiger partial charge is 0.169 e. The Bertz CT molecular complexity index is 401. The van der Waals surface area contributed by atoms with Gasteiger partial charge >= 0.3 is 0 Å². The molecule has 0 saturated carbocycles. The van der Waals surface area contributed by atoms with E-state index in [-0.39, 0.29) is 22.1 Å². The lowest BCUT2D eigenvalue weighted by atomic mass is 10.2. The number of hydrogen-bond donors (Lipinski definition) is 3. The molecule has 18 heavy (non-hydrogen) atoms. The predicted molar refractivity (Wildman–Crippen MR) is 74.5 cm³/mol. The van der Waals surface area contributed by atoms with Crippen LogP contribution in [0.2, 0.25) is 5.02 Å². The number of nitrogens with one attached hydrogen (secondary N) is 1. The third kappa shape index (κ3) is 3.92. The highest BCUT2D eigenvalue weighted by Gasteiger charge is 2.13. The van der Waals surface area contributed by atoms with Gasteiger partial charge in [-0.15, -0.1) is 0 Å². The SMILES string of the molecule is CCCCOCCNc1c(N)cc(N)c(Cl)c1F. The first-order chi connectivity index (χ1) is 8.57. The summed E-state index contributed by atoms with van der Waals surface area (Å²) in [6.45, 7) is 3.75. The summed E-state index contributed by atoms with van der Waals surface area (Å²) in [5, 5.41) is 2.75. The van der Waals surface area contributed by atoms with Gasteiger partial charge in [-0.05, 0) is 12.5 Å². The number of benzene rings is 1. The first kappa shape index (κ1) is 14.9. The lowest BCUT2D eigenvalue weighted by Gasteiger charge is -2.13. The predicted octanol–water partition coefficient (Wildman–Crippen LogP) is 2.87. The van der Waals surface area contributed by atoms with Crippen molar-refractivity contribution in [3.63, 3.8) is 0 Å². The minimum atomic E-state index is -0.622. The average Bonchev–Trinajstić information content (AvgIpc) is 2.34. The van der Waals surface area contributed by atoms with E-state index in [1.165, 1.54) is 6.07 Å². The Labute approximate surface area is 111 Å². The molecule has 0 bridgehead atoms. The molecule has 0 atom stereocenters.